The van der Waals surface area contributed by atoms with Crippen LogP contribution < -0.4 is 21.7 Å². The standard InChI is InChI=1S/C21H25F2N7OS/c1-29-21(30-8-3-4-12(10-24)7-9-30)15(11-26-29)27-19(31)17-18(25)32-20(28-17)16-13(22)5-2-6-14(16)23/h2,5-6,11-12H,3-4,7-10,24-25H2,1H3,(H,27,31). The molecule has 1 amide bonds. The van der Waals surface area contributed by atoms with Gasteiger partial charge in [0, 0.05) is 20.1 Å². The van der Waals surface area contributed by atoms with Gasteiger partial charge >= 0.3 is 0 Å². The molecule has 1 saturated heterocycles. The minimum Gasteiger partial charge on any atom is -0.389 e. The second kappa shape index (κ2) is 9.21. The zero-order valence-electron chi connectivity index (χ0n) is 17.6. The van der Waals surface area contributed by atoms with Crippen LogP contribution in [-0.4, -0.2) is 40.3 Å². The molecule has 1 aromatic carbocycles. The van der Waals surface area contributed by atoms with Crippen molar-refractivity contribution in [2.75, 3.05) is 35.6 Å². The number of nitrogen functional groups attached to an aromatic ring is 1. The number of aromatic nitrogens is 3. The van der Waals surface area contributed by atoms with E-state index in [2.05, 4.69) is 20.3 Å². The topological polar surface area (TPSA) is 115 Å². The number of benzene rings is 1. The highest BCUT2D eigenvalue weighted by Crippen LogP contribution is 2.34. The van der Waals surface area contributed by atoms with Gasteiger partial charge in [-0.1, -0.05) is 17.4 Å². The Morgan fingerprint density at radius 3 is 2.75 bits per heavy atom. The zero-order chi connectivity index (χ0) is 22.8. The maximum absolute atomic E-state index is 14.1. The van der Waals surface area contributed by atoms with E-state index in [0.29, 0.717) is 18.2 Å². The van der Waals surface area contributed by atoms with E-state index in [1.807, 2.05) is 7.05 Å². The third kappa shape index (κ3) is 4.30. The third-order valence-corrected chi connectivity index (χ3v) is 6.58. The SMILES string of the molecule is Cn1ncc(NC(=O)c2nc(-c3c(F)cccc3F)sc2N)c1N1CCCC(CN)CC1. The van der Waals surface area contributed by atoms with Crippen molar-refractivity contribution in [2.45, 2.75) is 19.3 Å². The monoisotopic (exact) mass is 461 g/mol. The summed E-state index contributed by atoms with van der Waals surface area (Å²) in [7, 11) is 1.81. The summed E-state index contributed by atoms with van der Waals surface area (Å²) in [5.74, 6) is -0.830. The summed E-state index contributed by atoms with van der Waals surface area (Å²) in [4.78, 5) is 19.3. The highest BCUT2D eigenvalue weighted by Gasteiger charge is 2.25. The number of rotatable bonds is 5. The molecule has 2 aromatic heterocycles. The van der Waals surface area contributed by atoms with Gasteiger partial charge in [-0.05, 0) is 43.9 Å². The summed E-state index contributed by atoms with van der Waals surface area (Å²) in [6.07, 6.45) is 4.60. The summed E-state index contributed by atoms with van der Waals surface area (Å²) in [5, 5.41) is 7.19. The second-order valence-corrected chi connectivity index (χ2v) is 8.84. The van der Waals surface area contributed by atoms with Gasteiger partial charge in [-0.25, -0.2) is 13.8 Å². The molecule has 4 rings (SSSR count). The summed E-state index contributed by atoms with van der Waals surface area (Å²) in [5.41, 5.74) is 12.0. The summed E-state index contributed by atoms with van der Waals surface area (Å²) >= 11 is 0.860. The van der Waals surface area contributed by atoms with Crippen molar-refractivity contribution in [3.05, 3.63) is 41.7 Å². The van der Waals surface area contributed by atoms with E-state index in [-0.39, 0.29) is 21.3 Å². The van der Waals surface area contributed by atoms with Crippen molar-refractivity contribution in [1.29, 1.82) is 0 Å². The summed E-state index contributed by atoms with van der Waals surface area (Å²) in [6.45, 7) is 2.30. The average molecular weight is 462 g/mol. The quantitative estimate of drug-likeness (QED) is 0.537. The maximum Gasteiger partial charge on any atom is 0.277 e. The van der Waals surface area contributed by atoms with Gasteiger partial charge in [-0.2, -0.15) is 5.10 Å². The number of thiazole rings is 1. The van der Waals surface area contributed by atoms with Crippen LogP contribution in [0.4, 0.5) is 25.3 Å². The average Bonchev–Trinajstić information content (AvgIpc) is 3.21. The first-order valence-corrected chi connectivity index (χ1v) is 11.2. The first kappa shape index (κ1) is 22.2. The van der Waals surface area contributed by atoms with Gasteiger partial charge in [0.25, 0.3) is 5.91 Å². The lowest BCUT2D eigenvalue weighted by Crippen LogP contribution is -2.28. The molecule has 5 N–H and O–H groups in total. The van der Waals surface area contributed by atoms with Gasteiger partial charge in [0.1, 0.15) is 27.3 Å². The minimum atomic E-state index is -0.766. The van der Waals surface area contributed by atoms with Crippen molar-refractivity contribution < 1.29 is 13.6 Å². The molecular formula is C21H25F2N7OS. The molecule has 0 radical (unpaired) electrons. The van der Waals surface area contributed by atoms with E-state index in [9.17, 15) is 13.6 Å². The first-order valence-electron chi connectivity index (χ1n) is 10.4. The molecule has 11 heteroatoms. The largest absolute Gasteiger partial charge is 0.389 e. The molecule has 3 heterocycles. The van der Waals surface area contributed by atoms with Crippen molar-refractivity contribution in [1.82, 2.24) is 14.8 Å². The Bertz CT molecular complexity index is 1110. The van der Waals surface area contributed by atoms with Crippen molar-refractivity contribution in [2.24, 2.45) is 18.7 Å². The Morgan fingerprint density at radius 2 is 2.03 bits per heavy atom. The van der Waals surface area contributed by atoms with Gasteiger partial charge in [0.05, 0.1) is 11.8 Å². The number of nitrogens with zero attached hydrogens (tertiary/aromatic N) is 4. The van der Waals surface area contributed by atoms with Gasteiger partial charge in [0.15, 0.2) is 11.5 Å². The lowest BCUT2D eigenvalue weighted by molar-refractivity contribution is 0.102. The molecule has 1 aliphatic rings. The van der Waals surface area contributed by atoms with Gasteiger partial charge in [-0.15, -0.1) is 0 Å². The van der Waals surface area contributed by atoms with Crippen LogP contribution in [0.3, 0.4) is 0 Å². The number of aryl methyl sites for hydroxylation is 1. The molecule has 1 atom stereocenters. The van der Waals surface area contributed by atoms with Crippen LogP contribution in [0.25, 0.3) is 10.6 Å². The molecule has 0 bridgehead atoms. The fraction of sp³-hybridized carbons (Fsp3) is 0.381. The number of nitrogens with two attached hydrogens (primary N) is 2. The molecule has 1 fully saturated rings. The highest BCUT2D eigenvalue weighted by atomic mass is 32.1. The number of anilines is 3. The van der Waals surface area contributed by atoms with Crippen LogP contribution in [-0.2, 0) is 7.05 Å². The Morgan fingerprint density at radius 1 is 1.28 bits per heavy atom. The Labute approximate surface area is 188 Å². The van der Waals surface area contributed by atoms with Crippen molar-refractivity contribution in [3.63, 3.8) is 0 Å². The number of hydrogen-bond donors (Lipinski definition) is 3. The van der Waals surface area contributed by atoms with Crippen molar-refractivity contribution >= 4 is 33.8 Å². The lowest BCUT2D eigenvalue weighted by Gasteiger charge is -2.24. The Kier molecular flexibility index (Phi) is 6.38. The number of hydrogen-bond acceptors (Lipinski definition) is 7. The number of halogens is 2. The van der Waals surface area contributed by atoms with Gasteiger partial charge in [-0.3, -0.25) is 9.48 Å². The smallest absolute Gasteiger partial charge is 0.277 e. The lowest BCUT2D eigenvalue weighted by atomic mass is 10.0. The zero-order valence-corrected chi connectivity index (χ0v) is 18.5. The van der Waals surface area contributed by atoms with Crippen LogP contribution in [0.1, 0.15) is 29.8 Å². The highest BCUT2D eigenvalue weighted by molar-refractivity contribution is 7.19. The Balaban J connectivity index is 1.58. The molecule has 32 heavy (non-hydrogen) atoms. The van der Waals surface area contributed by atoms with E-state index in [0.717, 1.165) is 61.6 Å². The van der Waals surface area contributed by atoms with Crippen molar-refractivity contribution in [3.8, 4) is 10.6 Å². The predicted molar refractivity (Wildman–Crippen MR) is 122 cm³/mol. The molecule has 1 unspecified atom stereocenters. The second-order valence-electron chi connectivity index (χ2n) is 7.81. The molecule has 170 valence electrons. The first-order chi connectivity index (χ1) is 15.4. The Hall–Kier alpha value is -3.05. The summed E-state index contributed by atoms with van der Waals surface area (Å²) < 4.78 is 30.0. The van der Waals surface area contributed by atoms with Crippen LogP contribution in [0.2, 0.25) is 0 Å². The molecule has 8 nitrogen and oxygen atoms in total. The number of carbonyl (C=O) groups excluding carboxylic acids is 1. The number of nitrogens with one attached hydrogen (secondary N) is 1. The maximum atomic E-state index is 14.1. The molecular weight excluding hydrogens is 436 g/mol. The normalized spacial score (nSPS) is 16.8. The predicted octanol–water partition coefficient (Wildman–Crippen LogP) is 3.22. The summed E-state index contributed by atoms with van der Waals surface area (Å²) in [6, 6.07) is 3.53. The van der Waals surface area contributed by atoms with Crippen LogP contribution in [0.5, 0.6) is 0 Å². The fourth-order valence-corrected chi connectivity index (χ4v) is 4.87. The number of carbonyl (C=O) groups is 1. The van der Waals surface area contributed by atoms with Gasteiger partial charge in [0.2, 0.25) is 0 Å². The molecule has 0 aliphatic carbocycles. The van der Waals surface area contributed by atoms with Gasteiger partial charge < -0.3 is 21.7 Å². The van der Waals surface area contributed by atoms with Crippen LogP contribution in [0.15, 0.2) is 24.4 Å². The minimum absolute atomic E-state index is 0.00926. The number of amides is 1. The van der Waals surface area contributed by atoms with E-state index in [1.54, 1.807) is 10.9 Å². The van der Waals surface area contributed by atoms with Crippen LogP contribution in [0, 0.1) is 17.6 Å². The molecule has 0 saturated carbocycles. The van der Waals surface area contributed by atoms with E-state index in [1.165, 1.54) is 6.07 Å². The molecule has 1 aliphatic heterocycles. The molecule has 3 aromatic rings. The molecule has 0 spiro atoms. The van der Waals surface area contributed by atoms with E-state index in [4.69, 9.17) is 11.5 Å². The third-order valence-electron chi connectivity index (χ3n) is 5.68. The van der Waals surface area contributed by atoms with E-state index < -0.39 is 17.5 Å². The van der Waals surface area contributed by atoms with Crippen LogP contribution >= 0.6 is 11.3 Å². The van der Waals surface area contributed by atoms with E-state index >= 15 is 0 Å². The fourth-order valence-electron chi connectivity index (χ4n) is 3.99.